The van der Waals surface area contributed by atoms with Crippen LogP contribution in [0.1, 0.15) is 24.9 Å². The number of nitrogens with zero attached hydrogens (tertiary/aromatic N) is 2. The first-order chi connectivity index (χ1) is 7.83. The summed E-state index contributed by atoms with van der Waals surface area (Å²) >= 11 is 4.05. The second kappa shape index (κ2) is 5.89. The van der Waals surface area contributed by atoms with Gasteiger partial charge in [0.15, 0.2) is 0 Å². The number of rotatable bonds is 3. The van der Waals surface area contributed by atoms with Gasteiger partial charge in [0.25, 0.3) is 0 Å². The average Bonchev–Trinajstić information content (AvgIpc) is 2.39. The SMILES string of the molecule is CCC1SCCSC1C(N)c1cncnc1. The number of hydrogen-bond donors (Lipinski definition) is 1. The zero-order valence-electron chi connectivity index (χ0n) is 9.37. The van der Waals surface area contributed by atoms with Crippen LogP contribution in [0, 0.1) is 0 Å². The smallest absolute Gasteiger partial charge is 0.115 e. The molecule has 1 aromatic rings. The topological polar surface area (TPSA) is 51.8 Å². The lowest BCUT2D eigenvalue weighted by Crippen LogP contribution is -2.35. The lowest BCUT2D eigenvalue weighted by Gasteiger charge is -2.33. The first kappa shape index (κ1) is 12.2. The Morgan fingerprint density at radius 2 is 2.06 bits per heavy atom. The van der Waals surface area contributed by atoms with Crippen LogP contribution < -0.4 is 5.73 Å². The Morgan fingerprint density at radius 1 is 1.38 bits per heavy atom. The Hall–Kier alpha value is -0.260. The molecule has 3 nitrogen and oxygen atoms in total. The van der Waals surface area contributed by atoms with Crippen molar-refractivity contribution >= 4 is 23.5 Å². The fourth-order valence-corrected chi connectivity index (χ4v) is 5.13. The van der Waals surface area contributed by atoms with Gasteiger partial charge in [-0.3, -0.25) is 0 Å². The van der Waals surface area contributed by atoms with Crippen LogP contribution in [0.4, 0.5) is 0 Å². The molecule has 16 heavy (non-hydrogen) atoms. The van der Waals surface area contributed by atoms with Crippen molar-refractivity contribution in [2.75, 3.05) is 11.5 Å². The fraction of sp³-hybridized carbons (Fsp3) is 0.636. The molecule has 0 bridgehead atoms. The van der Waals surface area contributed by atoms with E-state index in [2.05, 4.69) is 28.7 Å². The number of nitrogens with two attached hydrogens (primary N) is 1. The number of hydrogen-bond acceptors (Lipinski definition) is 5. The fourth-order valence-electron chi connectivity index (χ4n) is 1.94. The van der Waals surface area contributed by atoms with Gasteiger partial charge >= 0.3 is 0 Å². The Bertz CT molecular complexity index is 320. The van der Waals surface area contributed by atoms with Crippen molar-refractivity contribution in [2.45, 2.75) is 29.9 Å². The van der Waals surface area contributed by atoms with E-state index in [4.69, 9.17) is 5.73 Å². The molecular weight excluding hydrogens is 238 g/mol. The normalized spacial score (nSPS) is 27.6. The third-order valence-electron chi connectivity index (χ3n) is 2.81. The van der Waals surface area contributed by atoms with Crippen LogP contribution in [0.5, 0.6) is 0 Å². The van der Waals surface area contributed by atoms with E-state index in [1.54, 1.807) is 6.33 Å². The molecule has 2 rings (SSSR count). The Labute approximate surface area is 105 Å². The molecular formula is C11H17N3S2. The van der Waals surface area contributed by atoms with Crippen molar-refractivity contribution in [1.29, 1.82) is 0 Å². The summed E-state index contributed by atoms with van der Waals surface area (Å²) in [7, 11) is 0. The summed E-state index contributed by atoms with van der Waals surface area (Å²) in [5.74, 6) is 2.45. The van der Waals surface area contributed by atoms with Crippen LogP contribution >= 0.6 is 23.5 Å². The molecule has 2 N–H and O–H groups in total. The standard InChI is InChI=1S/C11H17N3S2/c1-2-9-11(16-4-3-15-9)10(12)8-5-13-7-14-6-8/h5-7,9-11H,2-4,12H2,1H3. The highest BCUT2D eigenvalue weighted by Crippen LogP contribution is 2.38. The van der Waals surface area contributed by atoms with Gasteiger partial charge < -0.3 is 5.73 Å². The second-order valence-electron chi connectivity index (χ2n) is 3.85. The maximum atomic E-state index is 6.32. The number of aromatic nitrogens is 2. The number of thioether (sulfide) groups is 2. The van der Waals surface area contributed by atoms with Crippen LogP contribution in [0.2, 0.25) is 0 Å². The van der Waals surface area contributed by atoms with Crippen molar-refractivity contribution in [3.05, 3.63) is 24.3 Å². The summed E-state index contributed by atoms with van der Waals surface area (Å²) in [5, 5.41) is 1.16. The minimum Gasteiger partial charge on any atom is -0.323 e. The minimum atomic E-state index is 0.0592. The molecule has 0 spiro atoms. The molecule has 0 aromatic carbocycles. The van der Waals surface area contributed by atoms with E-state index in [-0.39, 0.29) is 6.04 Å². The molecule has 0 aliphatic carbocycles. The van der Waals surface area contributed by atoms with Crippen LogP contribution in [-0.4, -0.2) is 32.0 Å². The lowest BCUT2D eigenvalue weighted by molar-refractivity contribution is 0.626. The van der Waals surface area contributed by atoms with Crippen molar-refractivity contribution < 1.29 is 0 Å². The van der Waals surface area contributed by atoms with Gasteiger partial charge in [-0.25, -0.2) is 9.97 Å². The molecule has 0 saturated carbocycles. The summed E-state index contributed by atoms with van der Waals surface area (Å²) in [6, 6.07) is 0.0592. The molecule has 0 radical (unpaired) electrons. The van der Waals surface area contributed by atoms with Gasteiger partial charge in [-0.15, -0.1) is 0 Å². The molecule has 1 saturated heterocycles. The Morgan fingerprint density at radius 3 is 2.75 bits per heavy atom. The molecule has 3 atom stereocenters. The van der Waals surface area contributed by atoms with E-state index >= 15 is 0 Å². The van der Waals surface area contributed by atoms with Crippen molar-refractivity contribution in [3.63, 3.8) is 0 Å². The van der Waals surface area contributed by atoms with Gasteiger partial charge in [-0.1, -0.05) is 6.92 Å². The van der Waals surface area contributed by atoms with E-state index in [1.807, 2.05) is 24.2 Å². The van der Waals surface area contributed by atoms with Crippen LogP contribution in [0.3, 0.4) is 0 Å². The quantitative estimate of drug-likeness (QED) is 0.896. The summed E-state index contributed by atoms with van der Waals surface area (Å²) in [6.07, 6.45) is 6.41. The highest BCUT2D eigenvalue weighted by atomic mass is 32.2. The highest BCUT2D eigenvalue weighted by molar-refractivity contribution is 8.07. The first-order valence-electron chi connectivity index (χ1n) is 5.56. The molecule has 1 aliphatic heterocycles. The summed E-state index contributed by atoms with van der Waals surface area (Å²) in [6.45, 7) is 2.24. The molecule has 2 heterocycles. The largest absolute Gasteiger partial charge is 0.323 e. The second-order valence-corrected chi connectivity index (χ2v) is 6.48. The molecule has 88 valence electrons. The average molecular weight is 255 g/mol. The lowest BCUT2D eigenvalue weighted by atomic mass is 10.0. The minimum absolute atomic E-state index is 0.0592. The van der Waals surface area contributed by atoms with Crippen LogP contribution in [0.15, 0.2) is 18.7 Å². The van der Waals surface area contributed by atoms with Crippen molar-refractivity contribution in [1.82, 2.24) is 9.97 Å². The third-order valence-corrected chi connectivity index (χ3v) is 6.19. The molecule has 5 heteroatoms. The van der Waals surface area contributed by atoms with Gasteiger partial charge in [-0.2, -0.15) is 23.5 Å². The molecule has 0 amide bonds. The molecule has 1 aromatic heterocycles. The highest BCUT2D eigenvalue weighted by Gasteiger charge is 2.30. The van der Waals surface area contributed by atoms with Gasteiger partial charge in [0, 0.05) is 46.0 Å². The van der Waals surface area contributed by atoms with Gasteiger partial charge in [0.1, 0.15) is 6.33 Å². The predicted molar refractivity (Wildman–Crippen MR) is 71.7 cm³/mol. The van der Waals surface area contributed by atoms with Crippen molar-refractivity contribution in [2.24, 2.45) is 5.73 Å². The summed E-state index contributed by atoms with van der Waals surface area (Å²) in [5.41, 5.74) is 7.38. The third kappa shape index (κ3) is 2.70. The van der Waals surface area contributed by atoms with Crippen LogP contribution in [0.25, 0.3) is 0 Å². The van der Waals surface area contributed by atoms with E-state index in [0.717, 1.165) is 5.56 Å². The zero-order chi connectivity index (χ0) is 11.4. The first-order valence-corrected chi connectivity index (χ1v) is 7.66. The maximum absolute atomic E-state index is 6.32. The van der Waals surface area contributed by atoms with Gasteiger partial charge in [0.05, 0.1) is 0 Å². The maximum Gasteiger partial charge on any atom is 0.115 e. The Kier molecular flexibility index (Phi) is 4.49. The van der Waals surface area contributed by atoms with Gasteiger partial charge in [-0.05, 0) is 6.42 Å². The summed E-state index contributed by atoms with van der Waals surface area (Å²) in [4.78, 5) is 8.09. The molecule has 1 aliphatic rings. The van der Waals surface area contributed by atoms with E-state index < -0.39 is 0 Å². The Balaban J connectivity index is 2.10. The van der Waals surface area contributed by atoms with Gasteiger partial charge in [0.2, 0.25) is 0 Å². The van der Waals surface area contributed by atoms with E-state index in [9.17, 15) is 0 Å². The summed E-state index contributed by atoms with van der Waals surface area (Å²) < 4.78 is 0. The van der Waals surface area contributed by atoms with Crippen LogP contribution in [-0.2, 0) is 0 Å². The van der Waals surface area contributed by atoms with E-state index in [1.165, 1.54) is 17.9 Å². The monoisotopic (exact) mass is 255 g/mol. The molecule has 3 unspecified atom stereocenters. The zero-order valence-corrected chi connectivity index (χ0v) is 11.0. The van der Waals surface area contributed by atoms with Crippen molar-refractivity contribution in [3.8, 4) is 0 Å². The molecule has 1 fully saturated rings. The van der Waals surface area contributed by atoms with E-state index in [0.29, 0.717) is 10.5 Å². The predicted octanol–water partition coefficient (Wildman–Crippen LogP) is 2.10.